The maximum absolute atomic E-state index is 12.9. The lowest BCUT2D eigenvalue weighted by atomic mass is 10.1. The topological polar surface area (TPSA) is 86.1 Å². The number of ether oxygens (including phenoxy) is 1. The van der Waals surface area contributed by atoms with E-state index in [4.69, 9.17) is 4.74 Å². The zero-order chi connectivity index (χ0) is 21.3. The summed E-state index contributed by atoms with van der Waals surface area (Å²) in [6.07, 6.45) is 0. The molecular weight excluding hydrogens is 400 g/mol. The number of fused-ring (bicyclic) bond motifs is 1. The highest BCUT2D eigenvalue weighted by Crippen LogP contribution is 2.31. The van der Waals surface area contributed by atoms with Crippen molar-refractivity contribution in [2.75, 3.05) is 12.4 Å². The molecule has 0 aliphatic rings. The van der Waals surface area contributed by atoms with E-state index in [2.05, 4.69) is 15.4 Å². The first-order valence-corrected chi connectivity index (χ1v) is 10.2. The zero-order valence-corrected chi connectivity index (χ0v) is 17.6. The van der Waals surface area contributed by atoms with Gasteiger partial charge in [0, 0.05) is 11.3 Å². The lowest BCUT2D eigenvalue weighted by Gasteiger charge is -2.10. The van der Waals surface area contributed by atoms with Crippen molar-refractivity contribution in [2.24, 2.45) is 0 Å². The number of aromatic nitrogens is 3. The molecule has 152 valence electrons. The van der Waals surface area contributed by atoms with Gasteiger partial charge in [0.2, 0.25) is 5.91 Å². The van der Waals surface area contributed by atoms with Crippen molar-refractivity contribution in [1.82, 2.24) is 14.8 Å². The number of benzene rings is 2. The van der Waals surface area contributed by atoms with Crippen LogP contribution in [0, 0.1) is 13.8 Å². The van der Waals surface area contributed by atoms with E-state index in [0.29, 0.717) is 27.3 Å². The molecule has 7 nitrogen and oxygen atoms in total. The van der Waals surface area contributed by atoms with Crippen LogP contribution >= 0.6 is 11.3 Å². The summed E-state index contributed by atoms with van der Waals surface area (Å²) in [5.41, 5.74) is 3.07. The Morgan fingerprint density at radius 2 is 1.93 bits per heavy atom. The maximum Gasteiger partial charge on any atom is 0.294 e. The summed E-state index contributed by atoms with van der Waals surface area (Å²) in [4.78, 5) is 29.9. The van der Waals surface area contributed by atoms with Crippen molar-refractivity contribution < 1.29 is 9.53 Å². The minimum Gasteiger partial charge on any atom is -0.497 e. The number of carbonyl (C=O) groups excluding carboxylic acids is 1. The van der Waals surface area contributed by atoms with Gasteiger partial charge in [0.1, 0.15) is 18.0 Å². The molecule has 2 heterocycles. The highest BCUT2D eigenvalue weighted by atomic mass is 32.1. The second kappa shape index (κ2) is 8.08. The number of hydrogen-bond donors (Lipinski definition) is 1. The summed E-state index contributed by atoms with van der Waals surface area (Å²) >= 11 is 1.40. The van der Waals surface area contributed by atoms with Crippen LogP contribution in [0.5, 0.6) is 5.75 Å². The summed E-state index contributed by atoms with van der Waals surface area (Å²) in [6.45, 7) is 3.60. The fourth-order valence-corrected chi connectivity index (χ4v) is 4.02. The Balaban J connectivity index is 1.74. The molecule has 8 heteroatoms. The second-order valence-electron chi connectivity index (χ2n) is 6.87. The predicted molar refractivity (Wildman–Crippen MR) is 118 cm³/mol. The molecule has 0 saturated heterocycles. The molecule has 1 amide bonds. The van der Waals surface area contributed by atoms with Crippen molar-refractivity contribution >= 4 is 33.1 Å². The zero-order valence-electron chi connectivity index (χ0n) is 16.8. The quantitative estimate of drug-likeness (QED) is 0.531. The second-order valence-corrected chi connectivity index (χ2v) is 8.07. The van der Waals surface area contributed by atoms with Crippen LogP contribution < -0.4 is 15.6 Å². The van der Waals surface area contributed by atoms with Crippen LogP contribution in [0.25, 0.3) is 21.5 Å². The van der Waals surface area contributed by atoms with Crippen LogP contribution in [0.15, 0.2) is 53.3 Å². The molecule has 0 aliphatic heterocycles. The molecule has 4 aromatic rings. The van der Waals surface area contributed by atoms with Gasteiger partial charge in [0.05, 0.1) is 16.8 Å². The van der Waals surface area contributed by atoms with Crippen LogP contribution in [0.3, 0.4) is 0 Å². The van der Waals surface area contributed by atoms with Crippen molar-refractivity contribution in [1.29, 1.82) is 0 Å². The fraction of sp³-hybridized carbons (Fsp3) is 0.182. The Bertz CT molecular complexity index is 1290. The molecule has 0 aliphatic carbocycles. The number of hydrogen-bond acceptors (Lipinski definition) is 6. The van der Waals surface area contributed by atoms with E-state index in [1.807, 2.05) is 62.4 Å². The molecule has 0 unspecified atom stereocenters. The van der Waals surface area contributed by atoms with E-state index >= 15 is 0 Å². The van der Waals surface area contributed by atoms with Crippen molar-refractivity contribution in [3.63, 3.8) is 0 Å². The highest BCUT2D eigenvalue weighted by Gasteiger charge is 2.18. The number of carbonyl (C=O) groups is 1. The van der Waals surface area contributed by atoms with Gasteiger partial charge in [-0.25, -0.2) is 9.67 Å². The van der Waals surface area contributed by atoms with Gasteiger partial charge in [-0.3, -0.25) is 9.59 Å². The van der Waals surface area contributed by atoms with Crippen LogP contribution in [-0.2, 0) is 11.3 Å². The van der Waals surface area contributed by atoms with Crippen LogP contribution in [0.1, 0.15) is 10.6 Å². The minimum absolute atomic E-state index is 0.212. The number of rotatable bonds is 5. The summed E-state index contributed by atoms with van der Waals surface area (Å²) in [5.74, 6) is 0.342. The third-order valence-electron chi connectivity index (χ3n) is 4.58. The SMILES string of the molecule is COc1cccc(-c2nn(CC(=O)Nc3ccc(C)cc3)c(=O)c3nc(C)sc23)c1. The first kappa shape index (κ1) is 19.8. The highest BCUT2D eigenvalue weighted by molar-refractivity contribution is 7.19. The first-order valence-electron chi connectivity index (χ1n) is 9.34. The lowest BCUT2D eigenvalue weighted by Crippen LogP contribution is -2.30. The fourth-order valence-electron chi connectivity index (χ4n) is 3.11. The normalized spacial score (nSPS) is 10.9. The van der Waals surface area contributed by atoms with Gasteiger partial charge in [-0.15, -0.1) is 11.3 Å². The summed E-state index contributed by atoms with van der Waals surface area (Å²) < 4.78 is 7.18. The first-order chi connectivity index (χ1) is 14.4. The van der Waals surface area contributed by atoms with Gasteiger partial charge >= 0.3 is 0 Å². The van der Waals surface area contributed by atoms with E-state index in [0.717, 1.165) is 16.1 Å². The van der Waals surface area contributed by atoms with E-state index in [1.54, 1.807) is 7.11 Å². The summed E-state index contributed by atoms with van der Waals surface area (Å²) in [5, 5.41) is 8.07. The Labute approximate surface area is 177 Å². The molecule has 0 bridgehead atoms. The van der Waals surface area contributed by atoms with Gasteiger partial charge in [0.25, 0.3) is 5.56 Å². The number of nitrogens with zero attached hydrogens (tertiary/aromatic N) is 3. The molecule has 2 aromatic heterocycles. The molecule has 0 spiro atoms. The Kier molecular flexibility index (Phi) is 5.33. The molecule has 30 heavy (non-hydrogen) atoms. The van der Waals surface area contributed by atoms with E-state index in [9.17, 15) is 9.59 Å². The number of nitrogens with one attached hydrogen (secondary N) is 1. The van der Waals surface area contributed by atoms with Crippen molar-refractivity contribution in [3.8, 4) is 17.0 Å². The molecular formula is C22H20N4O3S. The maximum atomic E-state index is 12.9. The van der Waals surface area contributed by atoms with Crippen LogP contribution in [0.4, 0.5) is 5.69 Å². The average Bonchev–Trinajstić information content (AvgIpc) is 3.13. The molecule has 2 aromatic carbocycles. The summed E-state index contributed by atoms with van der Waals surface area (Å²) in [6, 6.07) is 14.9. The number of aryl methyl sites for hydroxylation is 2. The Morgan fingerprint density at radius 1 is 1.17 bits per heavy atom. The third kappa shape index (κ3) is 3.95. The standard InChI is InChI=1S/C22H20N4O3S/c1-13-7-9-16(10-8-13)24-18(27)12-26-22(28)20-21(30-14(2)23-20)19(25-26)15-5-4-6-17(11-15)29-3/h4-11H,12H2,1-3H3,(H,24,27). The Morgan fingerprint density at radius 3 is 2.67 bits per heavy atom. The molecule has 0 radical (unpaired) electrons. The van der Waals surface area contributed by atoms with Gasteiger partial charge in [-0.05, 0) is 38.1 Å². The third-order valence-corrected chi connectivity index (χ3v) is 5.56. The van der Waals surface area contributed by atoms with Crippen molar-refractivity contribution in [3.05, 3.63) is 69.5 Å². The minimum atomic E-state index is -0.389. The van der Waals surface area contributed by atoms with Gasteiger partial charge in [0.15, 0.2) is 5.52 Å². The predicted octanol–water partition coefficient (Wildman–Crippen LogP) is 3.78. The number of methoxy groups -OCH3 is 1. The number of amides is 1. The Hall–Kier alpha value is -3.52. The van der Waals surface area contributed by atoms with E-state index in [-0.39, 0.29) is 18.0 Å². The smallest absolute Gasteiger partial charge is 0.294 e. The molecule has 4 rings (SSSR count). The van der Waals surface area contributed by atoms with Crippen molar-refractivity contribution in [2.45, 2.75) is 20.4 Å². The molecule has 1 N–H and O–H groups in total. The van der Waals surface area contributed by atoms with Gasteiger partial charge in [-0.2, -0.15) is 5.10 Å². The number of thiazole rings is 1. The van der Waals surface area contributed by atoms with Gasteiger partial charge < -0.3 is 10.1 Å². The monoisotopic (exact) mass is 420 g/mol. The average molecular weight is 420 g/mol. The number of anilines is 1. The van der Waals surface area contributed by atoms with E-state index < -0.39 is 0 Å². The van der Waals surface area contributed by atoms with Crippen LogP contribution in [-0.4, -0.2) is 27.8 Å². The lowest BCUT2D eigenvalue weighted by molar-refractivity contribution is -0.117. The van der Waals surface area contributed by atoms with Crippen LogP contribution in [0.2, 0.25) is 0 Å². The molecule has 0 atom stereocenters. The summed E-state index contributed by atoms with van der Waals surface area (Å²) in [7, 11) is 1.59. The van der Waals surface area contributed by atoms with E-state index in [1.165, 1.54) is 16.0 Å². The van der Waals surface area contributed by atoms with Gasteiger partial charge in [-0.1, -0.05) is 29.8 Å². The molecule has 0 saturated carbocycles. The molecule has 0 fully saturated rings. The largest absolute Gasteiger partial charge is 0.497 e.